The number of hydrogen-bond donors (Lipinski definition) is 2. The van der Waals surface area contributed by atoms with Crippen LogP contribution < -0.4 is 10.6 Å². The molecule has 1 aromatic carbocycles. The second-order valence-electron chi connectivity index (χ2n) is 4.34. The third-order valence-electron chi connectivity index (χ3n) is 2.87. The number of hydrogen-bond acceptors (Lipinski definition) is 3. The van der Waals surface area contributed by atoms with E-state index in [9.17, 15) is 9.18 Å². The standard InChI is InChI=1S/C14H17FN4O/c1-16-7-2-8-18-14(20)13-9-17-10-19(13)12-5-3-11(15)4-6-12/h3-6,9-10,16H,2,7-8H2,1H3,(H,18,20). The second-order valence-corrected chi connectivity index (χ2v) is 4.34. The van der Waals surface area contributed by atoms with Gasteiger partial charge in [0.15, 0.2) is 0 Å². The van der Waals surface area contributed by atoms with Gasteiger partial charge in [0.25, 0.3) is 5.91 Å². The summed E-state index contributed by atoms with van der Waals surface area (Å²) in [6.07, 6.45) is 3.89. The molecule has 1 heterocycles. The Labute approximate surface area is 116 Å². The molecule has 2 rings (SSSR count). The highest BCUT2D eigenvalue weighted by molar-refractivity contribution is 5.92. The zero-order chi connectivity index (χ0) is 14.4. The molecule has 1 aromatic heterocycles. The van der Waals surface area contributed by atoms with E-state index in [1.807, 2.05) is 7.05 Å². The van der Waals surface area contributed by atoms with Crippen molar-refractivity contribution in [3.8, 4) is 5.69 Å². The Bertz CT molecular complexity index is 565. The zero-order valence-electron chi connectivity index (χ0n) is 11.3. The molecule has 0 unspecified atom stereocenters. The fourth-order valence-corrected chi connectivity index (χ4v) is 1.83. The summed E-state index contributed by atoms with van der Waals surface area (Å²) in [5, 5.41) is 5.84. The zero-order valence-corrected chi connectivity index (χ0v) is 11.3. The third-order valence-corrected chi connectivity index (χ3v) is 2.87. The van der Waals surface area contributed by atoms with E-state index in [0.717, 1.165) is 13.0 Å². The molecular weight excluding hydrogens is 259 g/mol. The lowest BCUT2D eigenvalue weighted by molar-refractivity contribution is 0.0946. The molecule has 0 spiro atoms. The summed E-state index contributed by atoms with van der Waals surface area (Å²) in [5.74, 6) is -0.505. The van der Waals surface area contributed by atoms with Crippen molar-refractivity contribution in [3.63, 3.8) is 0 Å². The number of amides is 1. The van der Waals surface area contributed by atoms with Gasteiger partial charge in [0.1, 0.15) is 11.5 Å². The van der Waals surface area contributed by atoms with E-state index >= 15 is 0 Å². The number of aromatic nitrogens is 2. The minimum atomic E-state index is -0.313. The molecule has 0 fully saturated rings. The van der Waals surface area contributed by atoms with Crippen molar-refractivity contribution >= 4 is 5.91 Å². The van der Waals surface area contributed by atoms with Crippen molar-refractivity contribution < 1.29 is 9.18 Å². The van der Waals surface area contributed by atoms with Gasteiger partial charge in [-0.15, -0.1) is 0 Å². The summed E-state index contributed by atoms with van der Waals surface area (Å²) in [7, 11) is 1.87. The molecule has 0 aliphatic carbocycles. The van der Waals surface area contributed by atoms with Crippen LogP contribution in [0.15, 0.2) is 36.8 Å². The van der Waals surface area contributed by atoms with Gasteiger partial charge < -0.3 is 10.6 Å². The van der Waals surface area contributed by atoms with Crippen LogP contribution in [0.25, 0.3) is 5.69 Å². The number of halogens is 1. The predicted octanol–water partition coefficient (Wildman–Crippen LogP) is 1.35. The van der Waals surface area contributed by atoms with E-state index in [2.05, 4.69) is 15.6 Å². The number of carbonyl (C=O) groups is 1. The molecule has 0 saturated carbocycles. The Morgan fingerprint density at radius 3 is 2.75 bits per heavy atom. The molecule has 0 bridgehead atoms. The van der Waals surface area contributed by atoms with Crippen molar-refractivity contribution in [2.45, 2.75) is 6.42 Å². The van der Waals surface area contributed by atoms with Crippen LogP contribution in [0.4, 0.5) is 4.39 Å². The van der Waals surface area contributed by atoms with Crippen LogP contribution >= 0.6 is 0 Å². The van der Waals surface area contributed by atoms with Crippen LogP contribution in [-0.2, 0) is 0 Å². The highest BCUT2D eigenvalue weighted by Crippen LogP contribution is 2.12. The SMILES string of the molecule is CNCCCNC(=O)c1cncn1-c1ccc(F)cc1. The topological polar surface area (TPSA) is 58.9 Å². The van der Waals surface area contributed by atoms with Crippen LogP contribution in [-0.4, -0.2) is 35.6 Å². The average molecular weight is 276 g/mol. The summed E-state index contributed by atoms with van der Waals surface area (Å²) < 4.78 is 14.5. The molecule has 0 atom stereocenters. The molecule has 20 heavy (non-hydrogen) atoms. The quantitative estimate of drug-likeness (QED) is 0.783. The lowest BCUT2D eigenvalue weighted by Gasteiger charge is -2.08. The maximum atomic E-state index is 12.9. The van der Waals surface area contributed by atoms with E-state index in [1.165, 1.54) is 24.7 Å². The van der Waals surface area contributed by atoms with Crippen LogP contribution in [0.3, 0.4) is 0 Å². The number of rotatable bonds is 6. The Morgan fingerprint density at radius 2 is 2.05 bits per heavy atom. The van der Waals surface area contributed by atoms with Gasteiger partial charge in [-0.05, 0) is 44.3 Å². The van der Waals surface area contributed by atoms with E-state index in [1.54, 1.807) is 16.7 Å². The van der Waals surface area contributed by atoms with Gasteiger partial charge in [-0.2, -0.15) is 0 Å². The Hall–Kier alpha value is -2.21. The van der Waals surface area contributed by atoms with E-state index < -0.39 is 0 Å². The van der Waals surface area contributed by atoms with Gasteiger partial charge in [-0.3, -0.25) is 9.36 Å². The van der Waals surface area contributed by atoms with E-state index in [0.29, 0.717) is 17.9 Å². The lowest BCUT2D eigenvalue weighted by Crippen LogP contribution is -2.28. The molecule has 2 aromatic rings. The van der Waals surface area contributed by atoms with Gasteiger partial charge in [0.2, 0.25) is 0 Å². The first-order valence-electron chi connectivity index (χ1n) is 6.43. The maximum absolute atomic E-state index is 12.9. The summed E-state index contributed by atoms with van der Waals surface area (Å²) >= 11 is 0. The molecule has 0 radical (unpaired) electrons. The summed E-state index contributed by atoms with van der Waals surface area (Å²) in [6, 6.07) is 5.91. The normalized spacial score (nSPS) is 10.5. The highest BCUT2D eigenvalue weighted by atomic mass is 19.1. The van der Waals surface area contributed by atoms with Gasteiger partial charge in [-0.1, -0.05) is 0 Å². The van der Waals surface area contributed by atoms with Crippen molar-refractivity contribution in [1.82, 2.24) is 20.2 Å². The smallest absolute Gasteiger partial charge is 0.269 e. The number of imidazole rings is 1. The van der Waals surface area contributed by atoms with E-state index in [4.69, 9.17) is 0 Å². The average Bonchev–Trinajstić information content (AvgIpc) is 2.93. The van der Waals surface area contributed by atoms with Crippen molar-refractivity contribution in [1.29, 1.82) is 0 Å². The fraction of sp³-hybridized carbons (Fsp3) is 0.286. The largest absolute Gasteiger partial charge is 0.351 e. The first-order valence-corrected chi connectivity index (χ1v) is 6.43. The fourth-order valence-electron chi connectivity index (χ4n) is 1.83. The van der Waals surface area contributed by atoms with Crippen molar-refractivity contribution in [2.75, 3.05) is 20.1 Å². The number of nitrogens with one attached hydrogen (secondary N) is 2. The number of benzene rings is 1. The molecule has 0 aliphatic rings. The molecule has 0 saturated heterocycles. The minimum absolute atomic E-state index is 0.192. The monoisotopic (exact) mass is 276 g/mol. The van der Waals surface area contributed by atoms with Gasteiger partial charge in [0, 0.05) is 12.2 Å². The molecule has 5 nitrogen and oxygen atoms in total. The minimum Gasteiger partial charge on any atom is -0.351 e. The van der Waals surface area contributed by atoms with E-state index in [-0.39, 0.29) is 11.7 Å². The van der Waals surface area contributed by atoms with Crippen LogP contribution in [0.2, 0.25) is 0 Å². The molecule has 2 N–H and O–H groups in total. The Morgan fingerprint density at radius 1 is 1.30 bits per heavy atom. The third kappa shape index (κ3) is 3.42. The molecule has 6 heteroatoms. The summed E-state index contributed by atoms with van der Waals surface area (Å²) in [5.41, 5.74) is 1.13. The molecule has 0 aliphatic heterocycles. The number of nitrogens with zero attached hydrogens (tertiary/aromatic N) is 2. The van der Waals surface area contributed by atoms with Gasteiger partial charge >= 0.3 is 0 Å². The Kier molecular flexibility index (Phi) is 4.84. The predicted molar refractivity (Wildman–Crippen MR) is 74.4 cm³/mol. The maximum Gasteiger partial charge on any atom is 0.269 e. The first-order chi connectivity index (χ1) is 9.72. The molecule has 1 amide bonds. The summed E-state index contributed by atoms with van der Waals surface area (Å²) in [6.45, 7) is 1.44. The van der Waals surface area contributed by atoms with Crippen LogP contribution in [0, 0.1) is 5.82 Å². The first kappa shape index (κ1) is 14.2. The van der Waals surface area contributed by atoms with Crippen molar-refractivity contribution in [2.24, 2.45) is 0 Å². The lowest BCUT2D eigenvalue weighted by atomic mass is 10.3. The Balaban J connectivity index is 2.08. The molecule has 106 valence electrons. The summed E-state index contributed by atoms with van der Waals surface area (Å²) in [4.78, 5) is 16.0. The molecular formula is C14H17FN4O. The second kappa shape index (κ2) is 6.81. The van der Waals surface area contributed by atoms with Gasteiger partial charge in [-0.25, -0.2) is 9.37 Å². The van der Waals surface area contributed by atoms with Crippen LogP contribution in [0.1, 0.15) is 16.9 Å². The van der Waals surface area contributed by atoms with Crippen molar-refractivity contribution in [3.05, 3.63) is 48.3 Å². The van der Waals surface area contributed by atoms with Crippen LogP contribution in [0.5, 0.6) is 0 Å². The highest BCUT2D eigenvalue weighted by Gasteiger charge is 2.12. The van der Waals surface area contributed by atoms with Gasteiger partial charge in [0.05, 0.1) is 12.5 Å². The number of carbonyl (C=O) groups excluding carboxylic acids is 1.